The van der Waals surface area contributed by atoms with E-state index in [9.17, 15) is 4.79 Å². The predicted octanol–water partition coefficient (Wildman–Crippen LogP) is 0.677. The number of aromatic amines is 1. The molecule has 0 aliphatic carbocycles. The number of nitrogens with one attached hydrogen (secondary N) is 1. The first-order valence-electron chi connectivity index (χ1n) is 8.33. The Morgan fingerprint density at radius 1 is 1.40 bits per heavy atom. The van der Waals surface area contributed by atoms with Crippen LogP contribution in [0.2, 0.25) is 0 Å². The highest BCUT2D eigenvalue weighted by atomic mass is 16.2. The molecule has 1 saturated heterocycles. The van der Waals surface area contributed by atoms with E-state index in [2.05, 4.69) is 24.9 Å². The number of likely N-dealkylation sites (N-methyl/N-ethyl adjacent to an activating group) is 1. The first-order valence-corrected chi connectivity index (χ1v) is 8.33. The van der Waals surface area contributed by atoms with E-state index < -0.39 is 0 Å². The van der Waals surface area contributed by atoms with Gasteiger partial charge in [0.2, 0.25) is 5.91 Å². The SMILES string of the molecule is CN(CC(=O)N1CCCC1Cn1ccnc1)c1ncnc2nc[nH]c12. The lowest BCUT2D eigenvalue weighted by Crippen LogP contribution is -2.43. The molecule has 0 bridgehead atoms. The smallest absolute Gasteiger partial charge is 0.242 e. The van der Waals surface area contributed by atoms with Crippen LogP contribution in [0.1, 0.15) is 12.8 Å². The van der Waals surface area contributed by atoms with Gasteiger partial charge in [-0.3, -0.25) is 4.79 Å². The molecule has 4 heterocycles. The number of imidazole rings is 2. The summed E-state index contributed by atoms with van der Waals surface area (Å²) in [6.07, 6.45) is 10.6. The molecule has 1 unspecified atom stereocenters. The molecular formula is C16H20N8O. The van der Waals surface area contributed by atoms with E-state index in [1.54, 1.807) is 18.9 Å². The van der Waals surface area contributed by atoms with Crippen molar-refractivity contribution in [3.63, 3.8) is 0 Å². The van der Waals surface area contributed by atoms with Gasteiger partial charge in [-0.05, 0) is 12.8 Å². The summed E-state index contributed by atoms with van der Waals surface area (Å²) in [7, 11) is 1.86. The number of H-pyrrole nitrogens is 1. The lowest BCUT2D eigenvalue weighted by molar-refractivity contribution is -0.130. The normalized spacial score (nSPS) is 17.3. The predicted molar refractivity (Wildman–Crippen MR) is 91.9 cm³/mol. The number of nitrogens with zero attached hydrogens (tertiary/aromatic N) is 7. The summed E-state index contributed by atoms with van der Waals surface area (Å²) in [4.78, 5) is 36.3. The van der Waals surface area contributed by atoms with Crippen molar-refractivity contribution < 1.29 is 4.79 Å². The van der Waals surface area contributed by atoms with Gasteiger partial charge in [-0.15, -0.1) is 0 Å². The van der Waals surface area contributed by atoms with Gasteiger partial charge in [-0.2, -0.15) is 0 Å². The Bertz CT molecular complexity index is 858. The lowest BCUT2D eigenvalue weighted by Gasteiger charge is -2.27. The van der Waals surface area contributed by atoms with E-state index in [0.717, 1.165) is 31.4 Å². The van der Waals surface area contributed by atoms with E-state index >= 15 is 0 Å². The molecule has 4 rings (SSSR count). The molecule has 0 radical (unpaired) electrons. The van der Waals surface area contributed by atoms with Crippen LogP contribution in [0, 0.1) is 0 Å². The van der Waals surface area contributed by atoms with Gasteiger partial charge in [0, 0.05) is 38.6 Å². The van der Waals surface area contributed by atoms with Crippen molar-refractivity contribution in [1.29, 1.82) is 0 Å². The van der Waals surface area contributed by atoms with Gasteiger partial charge < -0.3 is 19.4 Å². The van der Waals surface area contributed by atoms with Gasteiger partial charge in [0.1, 0.15) is 11.8 Å². The molecule has 1 amide bonds. The summed E-state index contributed by atoms with van der Waals surface area (Å²) in [6.45, 7) is 1.86. The van der Waals surface area contributed by atoms with Gasteiger partial charge in [-0.1, -0.05) is 0 Å². The Balaban J connectivity index is 1.46. The van der Waals surface area contributed by atoms with Crippen LogP contribution in [0.15, 0.2) is 31.4 Å². The average molecular weight is 340 g/mol. The fourth-order valence-electron chi connectivity index (χ4n) is 3.40. The van der Waals surface area contributed by atoms with Crippen LogP contribution < -0.4 is 4.90 Å². The van der Waals surface area contributed by atoms with Crippen LogP contribution >= 0.6 is 0 Å². The van der Waals surface area contributed by atoms with Crippen LogP contribution in [0.3, 0.4) is 0 Å². The highest BCUT2D eigenvalue weighted by Gasteiger charge is 2.29. The lowest BCUT2D eigenvalue weighted by atomic mass is 10.2. The van der Waals surface area contributed by atoms with Gasteiger partial charge in [0.05, 0.1) is 19.2 Å². The number of aromatic nitrogens is 6. The molecule has 1 aliphatic heterocycles. The second kappa shape index (κ2) is 6.50. The van der Waals surface area contributed by atoms with E-state index in [-0.39, 0.29) is 18.5 Å². The van der Waals surface area contributed by atoms with E-state index in [0.29, 0.717) is 11.5 Å². The number of hydrogen-bond donors (Lipinski definition) is 1. The van der Waals surface area contributed by atoms with Crippen molar-refractivity contribution in [1.82, 2.24) is 34.4 Å². The van der Waals surface area contributed by atoms with Gasteiger partial charge in [0.25, 0.3) is 0 Å². The number of carbonyl (C=O) groups is 1. The summed E-state index contributed by atoms with van der Waals surface area (Å²) in [5.41, 5.74) is 1.35. The third-order valence-corrected chi connectivity index (χ3v) is 4.62. The van der Waals surface area contributed by atoms with E-state index in [4.69, 9.17) is 0 Å². The molecule has 1 atom stereocenters. The topological polar surface area (TPSA) is 95.8 Å². The van der Waals surface area contributed by atoms with Crippen molar-refractivity contribution in [2.24, 2.45) is 0 Å². The Hall–Kier alpha value is -2.97. The highest BCUT2D eigenvalue weighted by Crippen LogP contribution is 2.21. The number of amides is 1. The molecule has 25 heavy (non-hydrogen) atoms. The summed E-state index contributed by atoms with van der Waals surface area (Å²) in [5.74, 6) is 0.789. The fourth-order valence-corrected chi connectivity index (χ4v) is 3.40. The van der Waals surface area contributed by atoms with Crippen molar-refractivity contribution >= 4 is 22.9 Å². The summed E-state index contributed by atoms with van der Waals surface area (Å²) in [5, 5.41) is 0. The van der Waals surface area contributed by atoms with Gasteiger partial charge in [-0.25, -0.2) is 19.9 Å². The van der Waals surface area contributed by atoms with Crippen molar-refractivity contribution in [3.05, 3.63) is 31.4 Å². The van der Waals surface area contributed by atoms with Crippen LogP contribution in [-0.2, 0) is 11.3 Å². The van der Waals surface area contributed by atoms with E-state index in [1.807, 2.05) is 27.6 Å². The molecule has 0 saturated carbocycles. The number of carbonyl (C=O) groups excluding carboxylic acids is 1. The van der Waals surface area contributed by atoms with Crippen molar-refractivity contribution in [3.8, 4) is 0 Å². The maximum Gasteiger partial charge on any atom is 0.242 e. The molecular weight excluding hydrogens is 320 g/mol. The van der Waals surface area contributed by atoms with Gasteiger partial charge in [0.15, 0.2) is 11.5 Å². The number of anilines is 1. The number of rotatable bonds is 5. The maximum absolute atomic E-state index is 12.8. The van der Waals surface area contributed by atoms with Gasteiger partial charge >= 0.3 is 0 Å². The Morgan fingerprint density at radius 3 is 3.16 bits per heavy atom. The zero-order chi connectivity index (χ0) is 17.2. The summed E-state index contributed by atoms with van der Waals surface area (Å²) < 4.78 is 2.03. The number of fused-ring (bicyclic) bond motifs is 1. The summed E-state index contributed by atoms with van der Waals surface area (Å²) >= 11 is 0. The molecule has 0 spiro atoms. The molecule has 1 fully saturated rings. The molecule has 9 nitrogen and oxygen atoms in total. The Labute approximate surface area is 144 Å². The second-order valence-corrected chi connectivity index (χ2v) is 6.30. The fraction of sp³-hybridized carbons (Fsp3) is 0.438. The van der Waals surface area contributed by atoms with Crippen LogP contribution in [0.25, 0.3) is 11.2 Å². The molecule has 130 valence electrons. The Morgan fingerprint density at radius 2 is 2.32 bits per heavy atom. The Kier molecular flexibility index (Phi) is 4.04. The molecule has 9 heteroatoms. The zero-order valence-corrected chi connectivity index (χ0v) is 14.0. The molecule has 1 aliphatic rings. The number of likely N-dealkylation sites (tertiary alicyclic amines) is 1. The first kappa shape index (κ1) is 15.6. The first-order chi connectivity index (χ1) is 12.2. The highest BCUT2D eigenvalue weighted by molar-refractivity contribution is 5.87. The largest absolute Gasteiger partial charge is 0.348 e. The minimum absolute atomic E-state index is 0.108. The minimum atomic E-state index is 0.108. The zero-order valence-electron chi connectivity index (χ0n) is 14.0. The van der Waals surface area contributed by atoms with Crippen molar-refractivity contribution in [2.45, 2.75) is 25.4 Å². The molecule has 1 N–H and O–H groups in total. The monoisotopic (exact) mass is 340 g/mol. The third kappa shape index (κ3) is 3.04. The van der Waals surface area contributed by atoms with E-state index in [1.165, 1.54) is 6.33 Å². The second-order valence-electron chi connectivity index (χ2n) is 6.30. The molecule has 3 aromatic rings. The van der Waals surface area contributed by atoms with Crippen LogP contribution in [-0.4, -0.2) is 66.5 Å². The summed E-state index contributed by atoms with van der Waals surface area (Å²) in [6, 6.07) is 0.215. The maximum atomic E-state index is 12.8. The molecule has 3 aromatic heterocycles. The number of hydrogen-bond acceptors (Lipinski definition) is 6. The minimum Gasteiger partial charge on any atom is -0.348 e. The van der Waals surface area contributed by atoms with Crippen LogP contribution in [0.5, 0.6) is 0 Å². The van der Waals surface area contributed by atoms with Crippen LogP contribution in [0.4, 0.5) is 5.82 Å². The third-order valence-electron chi connectivity index (χ3n) is 4.62. The standard InChI is InChI=1S/C16H20N8O/c1-22(16-14-15(19-9-18-14)20-10-21-16)8-13(25)24-5-2-3-12(24)7-23-6-4-17-11-23/h4,6,9-12H,2-3,5,7-8H2,1H3,(H,18,19,20,21). The van der Waals surface area contributed by atoms with Crippen molar-refractivity contribution in [2.75, 3.05) is 25.0 Å². The molecule has 0 aromatic carbocycles. The quantitative estimate of drug-likeness (QED) is 0.734. The average Bonchev–Trinajstić information content (AvgIpc) is 3.36.